The van der Waals surface area contributed by atoms with Crippen LogP contribution in [-0.4, -0.2) is 34.9 Å². The number of para-hydroxylation sites is 1. The van der Waals surface area contributed by atoms with Crippen molar-refractivity contribution < 1.29 is 18.7 Å². The molecule has 0 fully saturated rings. The van der Waals surface area contributed by atoms with Crippen molar-refractivity contribution in [1.82, 2.24) is 15.3 Å². The predicted molar refractivity (Wildman–Crippen MR) is 113 cm³/mol. The van der Waals surface area contributed by atoms with Crippen LogP contribution >= 0.6 is 0 Å². The zero-order chi connectivity index (χ0) is 22.0. The van der Waals surface area contributed by atoms with E-state index in [2.05, 4.69) is 15.3 Å². The summed E-state index contributed by atoms with van der Waals surface area (Å²) >= 11 is 0. The number of likely N-dealkylation sites (N-methyl/N-ethyl adjacent to an activating group) is 1. The van der Waals surface area contributed by atoms with Crippen LogP contribution in [-0.2, 0) is 4.79 Å². The van der Waals surface area contributed by atoms with E-state index in [1.165, 1.54) is 35.4 Å². The SMILES string of the molecule is CC1CC(NC(=O)c2cc(Oc3ccccc3F)ccn2)C(=O)N(C)c2ncccc21. The number of nitrogens with zero attached hydrogens (tertiary/aromatic N) is 3. The van der Waals surface area contributed by atoms with Crippen molar-refractivity contribution in [3.63, 3.8) is 0 Å². The summed E-state index contributed by atoms with van der Waals surface area (Å²) in [5, 5.41) is 2.77. The van der Waals surface area contributed by atoms with Gasteiger partial charge in [0, 0.05) is 25.5 Å². The van der Waals surface area contributed by atoms with Gasteiger partial charge < -0.3 is 10.1 Å². The molecule has 7 nitrogen and oxygen atoms in total. The highest BCUT2D eigenvalue weighted by Crippen LogP contribution is 2.32. The molecule has 1 aromatic carbocycles. The molecule has 3 heterocycles. The van der Waals surface area contributed by atoms with Gasteiger partial charge in [0.05, 0.1) is 0 Å². The lowest BCUT2D eigenvalue weighted by molar-refractivity contribution is -0.120. The van der Waals surface area contributed by atoms with Gasteiger partial charge in [0.25, 0.3) is 5.91 Å². The van der Waals surface area contributed by atoms with Gasteiger partial charge in [-0.25, -0.2) is 9.37 Å². The maximum absolute atomic E-state index is 13.8. The lowest BCUT2D eigenvalue weighted by Gasteiger charge is -2.21. The molecule has 8 heteroatoms. The van der Waals surface area contributed by atoms with Crippen LogP contribution < -0.4 is 15.0 Å². The number of anilines is 1. The Balaban J connectivity index is 1.52. The number of hydrogen-bond acceptors (Lipinski definition) is 5. The summed E-state index contributed by atoms with van der Waals surface area (Å²) in [4.78, 5) is 35.7. The number of carbonyl (C=O) groups is 2. The number of halogens is 1. The van der Waals surface area contributed by atoms with Gasteiger partial charge in [0.1, 0.15) is 23.3 Å². The Morgan fingerprint density at radius 3 is 2.77 bits per heavy atom. The summed E-state index contributed by atoms with van der Waals surface area (Å²) in [5.74, 6) is -0.367. The standard InChI is InChI=1S/C23H21FN4O3/c1-14-12-19(23(30)28(2)21-16(14)6-5-10-26-21)27-22(29)18-13-15(9-11-25-18)31-20-8-4-3-7-17(20)24/h3-11,13-14,19H,12H2,1-2H3,(H,27,29). The molecule has 0 spiro atoms. The second-order valence-corrected chi connectivity index (χ2v) is 7.39. The first kappa shape index (κ1) is 20.5. The third-order valence-corrected chi connectivity index (χ3v) is 5.22. The van der Waals surface area contributed by atoms with Gasteiger partial charge in [-0.05, 0) is 42.2 Å². The molecule has 0 saturated heterocycles. The van der Waals surface area contributed by atoms with Gasteiger partial charge in [-0.15, -0.1) is 0 Å². The van der Waals surface area contributed by atoms with Crippen molar-refractivity contribution in [2.24, 2.45) is 0 Å². The Kier molecular flexibility index (Phi) is 5.62. The first-order valence-electron chi connectivity index (χ1n) is 9.86. The largest absolute Gasteiger partial charge is 0.454 e. The first-order valence-corrected chi connectivity index (χ1v) is 9.86. The first-order chi connectivity index (χ1) is 14.9. The van der Waals surface area contributed by atoms with E-state index in [0.29, 0.717) is 12.2 Å². The quantitative estimate of drug-likeness (QED) is 0.696. The fraction of sp³-hybridized carbons (Fsp3) is 0.217. The van der Waals surface area contributed by atoms with Gasteiger partial charge in [-0.2, -0.15) is 0 Å². The van der Waals surface area contributed by atoms with E-state index < -0.39 is 17.8 Å². The van der Waals surface area contributed by atoms with E-state index in [9.17, 15) is 14.0 Å². The number of pyridine rings is 2. The molecule has 3 aromatic rings. The molecule has 1 N–H and O–H groups in total. The number of aromatic nitrogens is 2. The zero-order valence-corrected chi connectivity index (χ0v) is 17.1. The lowest BCUT2D eigenvalue weighted by atomic mass is 9.95. The highest BCUT2D eigenvalue weighted by molar-refractivity contribution is 6.02. The van der Waals surface area contributed by atoms with E-state index in [1.807, 2.05) is 19.1 Å². The van der Waals surface area contributed by atoms with E-state index in [-0.39, 0.29) is 29.0 Å². The number of rotatable bonds is 4. The maximum Gasteiger partial charge on any atom is 0.270 e. The minimum atomic E-state index is -0.736. The summed E-state index contributed by atoms with van der Waals surface area (Å²) in [6, 6.07) is 11.9. The average Bonchev–Trinajstić information content (AvgIpc) is 2.87. The van der Waals surface area contributed by atoms with Crippen LogP contribution in [0.15, 0.2) is 60.9 Å². The molecular formula is C23H21FN4O3. The minimum Gasteiger partial charge on any atom is -0.454 e. The Morgan fingerprint density at radius 1 is 1.16 bits per heavy atom. The molecule has 4 rings (SSSR count). The van der Waals surface area contributed by atoms with Crippen molar-refractivity contribution in [2.75, 3.05) is 11.9 Å². The van der Waals surface area contributed by atoms with E-state index in [1.54, 1.807) is 25.4 Å². The van der Waals surface area contributed by atoms with Gasteiger partial charge in [-0.1, -0.05) is 25.1 Å². The van der Waals surface area contributed by atoms with Gasteiger partial charge in [0.15, 0.2) is 11.6 Å². The Labute approximate surface area is 178 Å². The van der Waals surface area contributed by atoms with Gasteiger partial charge >= 0.3 is 0 Å². The molecular weight excluding hydrogens is 399 g/mol. The van der Waals surface area contributed by atoms with E-state index in [4.69, 9.17) is 4.74 Å². The van der Waals surface area contributed by atoms with Crippen molar-refractivity contribution in [2.45, 2.75) is 25.3 Å². The molecule has 2 atom stereocenters. The number of ether oxygens (including phenoxy) is 1. The molecule has 2 aromatic heterocycles. The summed E-state index contributed by atoms with van der Waals surface area (Å²) in [5.41, 5.74) is 1.02. The fourth-order valence-electron chi connectivity index (χ4n) is 3.60. The number of benzene rings is 1. The van der Waals surface area contributed by atoms with Gasteiger partial charge in [-0.3, -0.25) is 19.5 Å². The number of hydrogen-bond donors (Lipinski definition) is 1. The number of carbonyl (C=O) groups excluding carboxylic acids is 2. The fourth-order valence-corrected chi connectivity index (χ4v) is 3.60. The Bertz CT molecular complexity index is 1140. The van der Waals surface area contributed by atoms with Crippen LogP contribution in [0.2, 0.25) is 0 Å². The van der Waals surface area contributed by atoms with Gasteiger partial charge in [0.2, 0.25) is 5.91 Å². The van der Waals surface area contributed by atoms with Crippen LogP contribution in [0.4, 0.5) is 10.2 Å². The highest BCUT2D eigenvalue weighted by atomic mass is 19.1. The normalized spacial score (nSPS) is 18.2. The smallest absolute Gasteiger partial charge is 0.270 e. The Hall–Kier alpha value is -3.81. The topological polar surface area (TPSA) is 84.4 Å². The monoisotopic (exact) mass is 420 g/mol. The number of amides is 2. The lowest BCUT2D eigenvalue weighted by Crippen LogP contribution is -2.47. The maximum atomic E-state index is 13.8. The molecule has 0 aliphatic carbocycles. The number of nitrogens with one attached hydrogen (secondary N) is 1. The molecule has 1 aliphatic heterocycles. The third-order valence-electron chi connectivity index (χ3n) is 5.22. The van der Waals surface area contributed by atoms with Crippen molar-refractivity contribution in [3.8, 4) is 11.5 Å². The predicted octanol–water partition coefficient (Wildman–Crippen LogP) is 3.68. The minimum absolute atomic E-state index is 0.0200. The van der Waals surface area contributed by atoms with Crippen molar-refractivity contribution in [1.29, 1.82) is 0 Å². The van der Waals surface area contributed by atoms with Crippen LogP contribution in [0.25, 0.3) is 0 Å². The molecule has 158 valence electrons. The van der Waals surface area contributed by atoms with Crippen LogP contribution in [0.5, 0.6) is 11.5 Å². The Morgan fingerprint density at radius 2 is 1.97 bits per heavy atom. The van der Waals surface area contributed by atoms with Crippen LogP contribution in [0, 0.1) is 5.82 Å². The number of fused-ring (bicyclic) bond motifs is 1. The summed E-state index contributed by atoms with van der Waals surface area (Å²) in [7, 11) is 1.65. The van der Waals surface area contributed by atoms with Crippen LogP contribution in [0.3, 0.4) is 0 Å². The molecule has 0 bridgehead atoms. The molecule has 2 unspecified atom stereocenters. The zero-order valence-electron chi connectivity index (χ0n) is 17.1. The summed E-state index contributed by atoms with van der Waals surface area (Å²) in [6.07, 6.45) is 3.47. The average molecular weight is 420 g/mol. The van der Waals surface area contributed by atoms with Crippen molar-refractivity contribution in [3.05, 3.63) is 78.0 Å². The highest BCUT2D eigenvalue weighted by Gasteiger charge is 2.33. The second-order valence-electron chi connectivity index (χ2n) is 7.39. The summed E-state index contributed by atoms with van der Waals surface area (Å²) < 4.78 is 19.4. The van der Waals surface area contributed by atoms with E-state index in [0.717, 1.165) is 5.56 Å². The molecule has 2 amide bonds. The molecule has 31 heavy (non-hydrogen) atoms. The molecule has 1 aliphatic rings. The molecule has 0 radical (unpaired) electrons. The second kappa shape index (κ2) is 8.51. The molecule has 0 saturated carbocycles. The van der Waals surface area contributed by atoms with E-state index >= 15 is 0 Å². The third kappa shape index (κ3) is 4.23. The van der Waals surface area contributed by atoms with Crippen molar-refractivity contribution >= 4 is 17.6 Å². The van der Waals surface area contributed by atoms with Crippen LogP contribution in [0.1, 0.15) is 35.3 Å². The summed E-state index contributed by atoms with van der Waals surface area (Å²) in [6.45, 7) is 1.99.